The van der Waals surface area contributed by atoms with Crippen LogP contribution in [0.5, 0.6) is 0 Å². The predicted molar refractivity (Wildman–Crippen MR) is 61.0 cm³/mol. The molecule has 0 aliphatic rings. The lowest BCUT2D eigenvalue weighted by Gasteiger charge is -2.05. The van der Waals surface area contributed by atoms with Gasteiger partial charge in [0, 0.05) is 12.6 Å². The van der Waals surface area contributed by atoms with Crippen molar-refractivity contribution < 1.29 is 4.79 Å². The molecule has 0 radical (unpaired) electrons. The van der Waals surface area contributed by atoms with Crippen molar-refractivity contribution in [1.29, 1.82) is 0 Å². The lowest BCUT2D eigenvalue weighted by molar-refractivity contribution is -0.116. The average Bonchev–Trinajstić information content (AvgIpc) is 2.22. The molecule has 0 spiro atoms. The van der Waals surface area contributed by atoms with Gasteiger partial charge in [0.2, 0.25) is 5.91 Å². The summed E-state index contributed by atoms with van der Waals surface area (Å²) < 4.78 is 0. The van der Waals surface area contributed by atoms with Crippen LogP contribution in [-0.4, -0.2) is 24.5 Å². The minimum Gasteiger partial charge on any atom is -0.324 e. The molecule has 4 nitrogen and oxygen atoms in total. The third-order valence-electron chi connectivity index (χ3n) is 1.87. The molecule has 1 rings (SSSR count). The summed E-state index contributed by atoms with van der Waals surface area (Å²) in [7, 11) is 1.86. The van der Waals surface area contributed by atoms with Gasteiger partial charge in [-0.15, -0.1) is 0 Å². The van der Waals surface area contributed by atoms with Gasteiger partial charge < -0.3 is 10.6 Å². The van der Waals surface area contributed by atoms with Crippen molar-refractivity contribution in [1.82, 2.24) is 10.3 Å². The SMILES string of the molecule is CNCCCC(=O)Nc1cnccc1Cl. The number of anilines is 1. The van der Waals surface area contributed by atoms with Crippen molar-refractivity contribution in [3.8, 4) is 0 Å². The van der Waals surface area contributed by atoms with Gasteiger partial charge in [0.1, 0.15) is 0 Å². The average molecular weight is 228 g/mol. The van der Waals surface area contributed by atoms with E-state index in [-0.39, 0.29) is 5.91 Å². The molecule has 0 aromatic carbocycles. The van der Waals surface area contributed by atoms with E-state index in [1.165, 1.54) is 6.20 Å². The molecule has 5 heteroatoms. The molecule has 0 aliphatic carbocycles. The van der Waals surface area contributed by atoms with Crippen LogP contribution in [0.2, 0.25) is 5.02 Å². The fourth-order valence-electron chi connectivity index (χ4n) is 1.11. The lowest BCUT2D eigenvalue weighted by Crippen LogP contribution is -2.15. The van der Waals surface area contributed by atoms with E-state index in [4.69, 9.17) is 11.6 Å². The highest BCUT2D eigenvalue weighted by Gasteiger charge is 2.04. The molecule has 0 bridgehead atoms. The van der Waals surface area contributed by atoms with Crippen molar-refractivity contribution in [2.24, 2.45) is 0 Å². The summed E-state index contributed by atoms with van der Waals surface area (Å²) in [4.78, 5) is 15.3. The second-order valence-corrected chi connectivity index (χ2v) is 3.52. The van der Waals surface area contributed by atoms with E-state index in [1.807, 2.05) is 7.05 Å². The fourth-order valence-corrected chi connectivity index (χ4v) is 1.26. The van der Waals surface area contributed by atoms with E-state index in [1.54, 1.807) is 12.3 Å². The molecule has 1 amide bonds. The zero-order valence-corrected chi connectivity index (χ0v) is 9.34. The van der Waals surface area contributed by atoms with Crippen LogP contribution in [0, 0.1) is 0 Å². The Bertz CT molecular complexity index is 330. The van der Waals surface area contributed by atoms with Gasteiger partial charge in [-0.2, -0.15) is 0 Å². The Hall–Kier alpha value is -1.13. The van der Waals surface area contributed by atoms with Gasteiger partial charge in [0.05, 0.1) is 16.9 Å². The van der Waals surface area contributed by atoms with Crippen LogP contribution in [0.1, 0.15) is 12.8 Å². The number of hydrogen-bond acceptors (Lipinski definition) is 3. The molecule has 1 heterocycles. The van der Waals surface area contributed by atoms with E-state index in [0.717, 1.165) is 13.0 Å². The monoisotopic (exact) mass is 227 g/mol. The molecule has 0 saturated carbocycles. The predicted octanol–water partition coefficient (Wildman–Crippen LogP) is 1.67. The van der Waals surface area contributed by atoms with E-state index in [0.29, 0.717) is 17.1 Å². The van der Waals surface area contributed by atoms with E-state index in [9.17, 15) is 4.79 Å². The summed E-state index contributed by atoms with van der Waals surface area (Å²) in [6, 6.07) is 1.64. The molecule has 0 atom stereocenters. The smallest absolute Gasteiger partial charge is 0.224 e. The van der Waals surface area contributed by atoms with E-state index < -0.39 is 0 Å². The van der Waals surface area contributed by atoms with Crippen molar-refractivity contribution in [3.63, 3.8) is 0 Å². The highest BCUT2D eigenvalue weighted by atomic mass is 35.5. The molecular weight excluding hydrogens is 214 g/mol. The number of pyridine rings is 1. The Morgan fingerprint density at radius 1 is 1.60 bits per heavy atom. The quantitative estimate of drug-likeness (QED) is 0.753. The van der Waals surface area contributed by atoms with Gasteiger partial charge >= 0.3 is 0 Å². The summed E-state index contributed by atoms with van der Waals surface area (Å²) in [6.07, 6.45) is 4.41. The van der Waals surface area contributed by atoms with E-state index >= 15 is 0 Å². The number of rotatable bonds is 5. The van der Waals surface area contributed by atoms with Crippen LogP contribution >= 0.6 is 11.6 Å². The number of carbonyl (C=O) groups is 1. The number of nitrogens with one attached hydrogen (secondary N) is 2. The first-order valence-corrected chi connectivity index (χ1v) is 5.16. The van der Waals surface area contributed by atoms with Crippen LogP contribution in [-0.2, 0) is 4.79 Å². The molecule has 0 fully saturated rings. The highest BCUT2D eigenvalue weighted by molar-refractivity contribution is 6.33. The maximum atomic E-state index is 11.4. The summed E-state index contributed by atoms with van der Waals surface area (Å²) in [6.45, 7) is 0.828. The van der Waals surface area contributed by atoms with Crippen molar-refractivity contribution in [2.75, 3.05) is 18.9 Å². The van der Waals surface area contributed by atoms with Gasteiger partial charge in [0.25, 0.3) is 0 Å². The molecule has 0 saturated heterocycles. The molecule has 1 aromatic rings. The largest absolute Gasteiger partial charge is 0.324 e. The molecule has 15 heavy (non-hydrogen) atoms. The van der Waals surface area contributed by atoms with Crippen LogP contribution in [0.3, 0.4) is 0 Å². The highest BCUT2D eigenvalue weighted by Crippen LogP contribution is 2.19. The maximum Gasteiger partial charge on any atom is 0.224 e. The number of amides is 1. The number of carbonyl (C=O) groups excluding carboxylic acids is 1. The van der Waals surface area contributed by atoms with Crippen LogP contribution < -0.4 is 10.6 Å². The third-order valence-corrected chi connectivity index (χ3v) is 2.20. The first-order chi connectivity index (χ1) is 7.24. The molecular formula is C10H14ClN3O. The Morgan fingerprint density at radius 3 is 3.07 bits per heavy atom. The lowest BCUT2D eigenvalue weighted by atomic mass is 10.3. The summed E-state index contributed by atoms with van der Waals surface area (Å²) in [5, 5.41) is 6.19. The van der Waals surface area contributed by atoms with Crippen LogP contribution in [0.15, 0.2) is 18.5 Å². The van der Waals surface area contributed by atoms with Gasteiger partial charge in [-0.3, -0.25) is 9.78 Å². The van der Waals surface area contributed by atoms with Gasteiger partial charge in [-0.25, -0.2) is 0 Å². The molecule has 82 valence electrons. The van der Waals surface area contributed by atoms with Crippen LogP contribution in [0.4, 0.5) is 5.69 Å². The zero-order valence-electron chi connectivity index (χ0n) is 8.59. The zero-order chi connectivity index (χ0) is 11.1. The van der Waals surface area contributed by atoms with Crippen molar-refractivity contribution in [3.05, 3.63) is 23.5 Å². The van der Waals surface area contributed by atoms with Gasteiger partial charge in [-0.05, 0) is 26.1 Å². The maximum absolute atomic E-state index is 11.4. The standard InChI is InChI=1S/C10H14ClN3O/c1-12-5-2-3-10(15)14-9-7-13-6-4-8(9)11/h4,6-7,12H,2-3,5H2,1H3,(H,14,15). The Kier molecular flexibility index (Phi) is 5.07. The molecule has 0 unspecified atom stereocenters. The summed E-state index contributed by atoms with van der Waals surface area (Å²) in [5.41, 5.74) is 0.564. The van der Waals surface area contributed by atoms with E-state index in [2.05, 4.69) is 15.6 Å². The normalized spacial score (nSPS) is 10.0. The second-order valence-electron chi connectivity index (χ2n) is 3.11. The number of aromatic nitrogens is 1. The minimum atomic E-state index is -0.0415. The Morgan fingerprint density at radius 2 is 2.40 bits per heavy atom. The second kappa shape index (κ2) is 6.37. The van der Waals surface area contributed by atoms with Crippen molar-refractivity contribution in [2.45, 2.75) is 12.8 Å². The Balaban J connectivity index is 2.41. The summed E-state index contributed by atoms with van der Waals surface area (Å²) in [5.74, 6) is -0.0415. The first-order valence-electron chi connectivity index (χ1n) is 4.78. The van der Waals surface area contributed by atoms with Gasteiger partial charge in [0.15, 0.2) is 0 Å². The number of halogens is 1. The topological polar surface area (TPSA) is 54.0 Å². The summed E-state index contributed by atoms with van der Waals surface area (Å²) >= 11 is 5.86. The fraction of sp³-hybridized carbons (Fsp3) is 0.400. The van der Waals surface area contributed by atoms with Crippen LogP contribution in [0.25, 0.3) is 0 Å². The third kappa shape index (κ3) is 4.27. The molecule has 0 aliphatic heterocycles. The number of nitrogens with zero attached hydrogens (tertiary/aromatic N) is 1. The number of hydrogen-bond donors (Lipinski definition) is 2. The minimum absolute atomic E-state index is 0.0415. The molecule has 2 N–H and O–H groups in total. The Labute approximate surface area is 94.0 Å². The van der Waals surface area contributed by atoms with Crippen molar-refractivity contribution >= 4 is 23.2 Å². The first kappa shape index (κ1) is 11.9. The van der Waals surface area contributed by atoms with Gasteiger partial charge in [-0.1, -0.05) is 11.6 Å². The molecule has 1 aromatic heterocycles.